The predicted octanol–water partition coefficient (Wildman–Crippen LogP) is 1.81. The van der Waals surface area contributed by atoms with E-state index in [1.54, 1.807) is 0 Å². The Balaban J connectivity index is 2.10. The molecule has 1 aromatic heterocycles. The number of aliphatic hydroxyl groups is 1. The first-order valence-electron chi connectivity index (χ1n) is 6.54. The molecule has 1 heterocycles. The Morgan fingerprint density at radius 2 is 2.18 bits per heavy atom. The first-order valence-corrected chi connectivity index (χ1v) is 6.54. The molecule has 96 valence electrons. The fourth-order valence-electron chi connectivity index (χ4n) is 2.59. The summed E-state index contributed by atoms with van der Waals surface area (Å²) in [7, 11) is 0. The van der Waals surface area contributed by atoms with Gasteiger partial charge in [-0.3, -0.25) is 0 Å². The lowest BCUT2D eigenvalue weighted by atomic mass is 9.73. The van der Waals surface area contributed by atoms with Gasteiger partial charge >= 0.3 is 0 Å². The summed E-state index contributed by atoms with van der Waals surface area (Å²) in [6.07, 6.45) is 4.12. The van der Waals surface area contributed by atoms with E-state index in [9.17, 15) is 0 Å². The number of hydrogen-bond acceptors (Lipinski definition) is 3. The van der Waals surface area contributed by atoms with Gasteiger partial charge in [-0.15, -0.1) is 5.10 Å². The van der Waals surface area contributed by atoms with Gasteiger partial charge in [0.25, 0.3) is 0 Å². The van der Waals surface area contributed by atoms with Crippen molar-refractivity contribution in [2.75, 3.05) is 6.61 Å². The summed E-state index contributed by atoms with van der Waals surface area (Å²) in [5, 5.41) is 17.4. The van der Waals surface area contributed by atoms with Crippen LogP contribution in [0.25, 0.3) is 0 Å². The fourth-order valence-corrected chi connectivity index (χ4v) is 2.59. The molecule has 2 rings (SSSR count). The van der Waals surface area contributed by atoms with Crippen molar-refractivity contribution in [3.8, 4) is 0 Å². The molecule has 1 aliphatic rings. The maximum atomic E-state index is 8.86. The Labute approximate surface area is 103 Å². The van der Waals surface area contributed by atoms with Crippen LogP contribution in [0.15, 0.2) is 0 Å². The predicted molar refractivity (Wildman–Crippen MR) is 66.7 cm³/mol. The second-order valence-corrected chi connectivity index (χ2v) is 6.09. The summed E-state index contributed by atoms with van der Waals surface area (Å²) in [5.74, 6) is 0.706. The summed E-state index contributed by atoms with van der Waals surface area (Å²) >= 11 is 0. The van der Waals surface area contributed by atoms with Gasteiger partial charge in [-0.2, -0.15) is 0 Å². The van der Waals surface area contributed by atoms with E-state index in [2.05, 4.69) is 31.1 Å². The normalized spacial score (nSPS) is 20.4. The zero-order valence-electron chi connectivity index (χ0n) is 11.1. The molecule has 1 aliphatic carbocycles. The fraction of sp³-hybridized carbons (Fsp3) is 0.846. The monoisotopic (exact) mass is 237 g/mol. The molecule has 0 saturated carbocycles. The second kappa shape index (κ2) is 4.77. The van der Waals surface area contributed by atoms with Gasteiger partial charge in [0.2, 0.25) is 0 Å². The van der Waals surface area contributed by atoms with Gasteiger partial charge in [0, 0.05) is 13.2 Å². The summed E-state index contributed by atoms with van der Waals surface area (Å²) in [4.78, 5) is 0. The van der Waals surface area contributed by atoms with Crippen LogP contribution in [-0.4, -0.2) is 26.7 Å². The minimum Gasteiger partial charge on any atom is -0.396 e. The average Bonchev–Trinajstić information content (AvgIpc) is 2.67. The highest BCUT2D eigenvalue weighted by Crippen LogP contribution is 2.36. The topological polar surface area (TPSA) is 50.9 Å². The maximum absolute atomic E-state index is 8.86. The highest BCUT2D eigenvalue weighted by atomic mass is 16.3. The van der Waals surface area contributed by atoms with E-state index < -0.39 is 0 Å². The number of hydrogen-bond donors (Lipinski definition) is 1. The van der Waals surface area contributed by atoms with Crippen molar-refractivity contribution in [2.24, 2.45) is 11.3 Å². The number of aryl methyl sites for hydroxylation is 1. The van der Waals surface area contributed by atoms with Crippen LogP contribution in [-0.2, 0) is 19.4 Å². The second-order valence-electron chi connectivity index (χ2n) is 6.09. The zero-order chi connectivity index (χ0) is 12.5. The van der Waals surface area contributed by atoms with Crippen molar-refractivity contribution in [1.29, 1.82) is 0 Å². The Hall–Kier alpha value is -0.900. The number of aliphatic hydroxyl groups excluding tert-OH is 1. The molecule has 0 spiro atoms. The number of aromatic nitrogens is 3. The highest BCUT2D eigenvalue weighted by Gasteiger charge is 2.31. The van der Waals surface area contributed by atoms with Gasteiger partial charge in [0.05, 0.1) is 11.4 Å². The molecule has 0 amide bonds. The van der Waals surface area contributed by atoms with Crippen LogP contribution in [0, 0.1) is 11.3 Å². The molecule has 0 aliphatic heterocycles. The third-order valence-corrected chi connectivity index (χ3v) is 3.84. The molecule has 0 bridgehead atoms. The molecule has 0 fully saturated rings. The molecule has 1 N–H and O–H groups in total. The molecule has 1 unspecified atom stereocenters. The first kappa shape index (κ1) is 12.6. The lowest BCUT2D eigenvalue weighted by molar-refractivity contribution is 0.212. The molecular formula is C13H23N3O. The van der Waals surface area contributed by atoms with Crippen molar-refractivity contribution in [3.05, 3.63) is 11.4 Å². The molecule has 0 aromatic carbocycles. The van der Waals surface area contributed by atoms with Crippen molar-refractivity contribution in [1.82, 2.24) is 15.0 Å². The van der Waals surface area contributed by atoms with Crippen molar-refractivity contribution >= 4 is 0 Å². The summed E-state index contributed by atoms with van der Waals surface area (Å²) in [6.45, 7) is 7.93. The minimum atomic E-state index is 0.221. The molecule has 1 aromatic rings. The number of rotatable bonds is 3. The zero-order valence-corrected chi connectivity index (χ0v) is 11.1. The summed E-state index contributed by atoms with van der Waals surface area (Å²) in [5.41, 5.74) is 2.82. The van der Waals surface area contributed by atoms with E-state index in [0.717, 1.165) is 25.8 Å². The van der Waals surface area contributed by atoms with Gasteiger partial charge in [-0.05, 0) is 37.0 Å². The Morgan fingerprint density at radius 1 is 1.41 bits per heavy atom. The molecule has 17 heavy (non-hydrogen) atoms. The van der Waals surface area contributed by atoms with E-state index in [1.807, 2.05) is 4.68 Å². The quantitative estimate of drug-likeness (QED) is 0.872. The molecular weight excluding hydrogens is 214 g/mol. The molecule has 4 heteroatoms. The van der Waals surface area contributed by atoms with Crippen LogP contribution < -0.4 is 0 Å². The van der Waals surface area contributed by atoms with Crippen LogP contribution in [0.5, 0.6) is 0 Å². The minimum absolute atomic E-state index is 0.221. The van der Waals surface area contributed by atoms with Crippen LogP contribution >= 0.6 is 0 Å². The van der Waals surface area contributed by atoms with Crippen LogP contribution in [0.3, 0.4) is 0 Å². The molecule has 0 radical (unpaired) electrons. The number of fused-ring (bicyclic) bond motifs is 1. The maximum Gasteiger partial charge on any atom is 0.0862 e. The van der Waals surface area contributed by atoms with E-state index >= 15 is 0 Å². The summed E-state index contributed by atoms with van der Waals surface area (Å²) < 4.78 is 1.98. The highest BCUT2D eigenvalue weighted by molar-refractivity contribution is 5.15. The lowest BCUT2D eigenvalue weighted by Crippen LogP contribution is -2.27. The largest absolute Gasteiger partial charge is 0.396 e. The molecule has 4 nitrogen and oxygen atoms in total. The standard InChI is InChI=1S/C13H23N3O/c1-13(2,3)10-5-6-12-11(9-10)14-15-16(12)7-4-8-17/h10,17H,4-9H2,1-3H3. The van der Waals surface area contributed by atoms with Gasteiger partial charge in [0.15, 0.2) is 0 Å². The van der Waals surface area contributed by atoms with E-state index in [4.69, 9.17) is 5.11 Å². The van der Waals surface area contributed by atoms with Gasteiger partial charge in [0.1, 0.15) is 0 Å². The van der Waals surface area contributed by atoms with Gasteiger partial charge < -0.3 is 5.11 Å². The first-order chi connectivity index (χ1) is 8.02. The third kappa shape index (κ3) is 2.68. The Morgan fingerprint density at radius 3 is 2.82 bits per heavy atom. The van der Waals surface area contributed by atoms with E-state index in [-0.39, 0.29) is 6.61 Å². The van der Waals surface area contributed by atoms with Crippen LogP contribution in [0.1, 0.15) is 45.0 Å². The van der Waals surface area contributed by atoms with Crippen molar-refractivity contribution < 1.29 is 5.11 Å². The van der Waals surface area contributed by atoms with E-state index in [0.29, 0.717) is 11.3 Å². The Kier molecular flexibility index (Phi) is 3.52. The lowest BCUT2D eigenvalue weighted by Gasteiger charge is -2.33. The third-order valence-electron chi connectivity index (χ3n) is 3.84. The SMILES string of the molecule is CC(C)(C)C1CCc2c(nnn2CCCO)C1. The van der Waals surface area contributed by atoms with Crippen molar-refractivity contribution in [2.45, 2.75) is 53.0 Å². The van der Waals surface area contributed by atoms with Crippen molar-refractivity contribution in [3.63, 3.8) is 0 Å². The molecule has 0 saturated heterocycles. The van der Waals surface area contributed by atoms with Crippen LogP contribution in [0.2, 0.25) is 0 Å². The molecule has 1 atom stereocenters. The van der Waals surface area contributed by atoms with Crippen LogP contribution in [0.4, 0.5) is 0 Å². The van der Waals surface area contributed by atoms with Gasteiger partial charge in [-0.25, -0.2) is 4.68 Å². The van der Waals surface area contributed by atoms with Gasteiger partial charge in [-0.1, -0.05) is 26.0 Å². The smallest absolute Gasteiger partial charge is 0.0862 e. The van der Waals surface area contributed by atoms with E-state index in [1.165, 1.54) is 17.8 Å². The number of nitrogens with zero attached hydrogens (tertiary/aromatic N) is 3. The average molecular weight is 237 g/mol. The summed E-state index contributed by atoms with van der Waals surface area (Å²) in [6, 6.07) is 0. The Bertz CT molecular complexity index is 379.